The van der Waals surface area contributed by atoms with E-state index >= 15 is 8.63 Å². The number of pyridine rings is 1. The molecule has 0 fully saturated rings. The van der Waals surface area contributed by atoms with Gasteiger partial charge in [0, 0.05) is 39.7 Å². The molecule has 0 bridgehead atoms. The fraction of sp³-hybridized carbons (Fsp3) is 0.222. The Balaban J connectivity index is 2.25. The van der Waals surface area contributed by atoms with Gasteiger partial charge in [0.15, 0.2) is 5.70 Å². The van der Waals surface area contributed by atoms with Crippen LogP contribution in [0.4, 0.5) is 8.63 Å². The molecule has 0 spiro atoms. The molecule has 2 aromatic rings. The molecule has 0 saturated carbocycles. The van der Waals surface area contributed by atoms with Crippen molar-refractivity contribution in [2.24, 2.45) is 0 Å². The van der Waals surface area contributed by atoms with Gasteiger partial charge in [-0.1, -0.05) is 6.07 Å². The molecule has 3 nitrogen and oxygen atoms in total. The zero-order valence-corrected chi connectivity index (χ0v) is 19.1. The number of hydrogen-bond acceptors (Lipinski definition) is 1. The van der Waals surface area contributed by atoms with Gasteiger partial charge in [-0.25, -0.2) is 0 Å². The minimum atomic E-state index is -3.96. The van der Waals surface area contributed by atoms with Crippen molar-refractivity contribution in [1.82, 2.24) is 9.46 Å². The first kappa shape index (κ1) is 18.3. The van der Waals surface area contributed by atoms with Crippen LogP contribution in [-0.4, -0.2) is 26.6 Å². The predicted octanol–water partition coefficient (Wildman–Crippen LogP) is 5.30. The number of aromatic nitrogens is 2. The molecule has 0 aromatic carbocycles. The molecule has 0 unspecified atom stereocenters. The van der Waals surface area contributed by atoms with E-state index in [1.54, 1.807) is 26.2 Å². The Morgan fingerprint density at radius 2 is 1.85 bits per heavy atom. The van der Waals surface area contributed by atoms with Crippen molar-refractivity contribution in [3.05, 3.63) is 65.5 Å². The predicted molar refractivity (Wildman–Crippen MR) is 118 cm³/mol. The summed E-state index contributed by atoms with van der Waals surface area (Å²) in [7, 11) is 0. The number of fused-ring (bicyclic) bond motifs is 2. The van der Waals surface area contributed by atoms with E-state index in [0.717, 1.165) is 29.4 Å². The summed E-state index contributed by atoms with van der Waals surface area (Å²) in [6.45, 7) is 3.44. The highest BCUT2D eigenvalue weighted by molar-refractivity contribution is 14.1. The minimum Gasteiger partial charge on any atom is -0.392 e. The first-order valence-electron chi connectivity index (χ1n) is 8.24. The van der Waals surface area contributed by atoms with Crippen LogP contribution in [-0.2, 0) is 0 Å². The van der Waals surface area contributed by atoms with Gasteiger partial charge in [-0.3, -0.25) is 4.98 Å². The van der Waals surface area contributed by atoms with E-state index in [-0.39, 0.29) is 0 Å². The maximum atomic E-state index is 15.7. The van der Waals surface area contributed by atoms with Crippen LogP contribution < -0.4 is 0 Å². The highest BCUT2D eigenvalue weighted by Crippen LogP contribution is 2.47. The second-order valence-corrected chi connectivity index (χ2v) is 8.85. The monoisotopic (exact) mass is 577 g/mol. The van der Waals surface area contributed by atoms with E-state index < -0.39 is 6.97 Å². The fourth-order valence-electron chi connectivity index (χ4n) is 4.06. The molecular formula is C18H16BF2I2N3. The van der Waals surface area contributed by atoms with Gasteiger partial charge >= 0.3 is 6.97 Å². The van der Waals surface area contributed by atoms with Crippen molar-refractivity contribution < 1.29 is 13.1 Å². The van der Waals surface area contributed by atoms with Gasteiger partial charge < -0.3 is 17.6 Å². The smallest absolute Gasteiger partial charge is 0.392 e. The Hall–Kier alpha value is -1.04. The zero-order chi connectivity index (χ0) is 19.0. The van der Waals surface area contributed by atoms with Crippen LogP contribution in [0, 0.1) is 17.4 Å². The maximum Gasteiger partial charge on any atom is 0.737 e. The van der Waals surface area contributed by atoms with Gasteiger partial charge in [-0.2, -0.15) is 0 Å². The Morgan fingerprint density at radius 3 is 2.46 bits per heavy atom. The lowest BCUT2D eigenvalue weighted by Crippen LogP contribution is -2.51. The second-order valence-electron chi connectivity index (χ2n) is 6.69. The lowest BCUT2D eigenvalue weighted by atomic mass is 9.84. The maximum absolute atomic E-state index is 15.7. The molecule has 134 valence electrons. The Kier molecular flexibility index (Phi) is 4.22. The average molecular weight is 577 g/mol. The lowest BCUT2D eigenvalue weighted by Gasteiger charge is -2.33. The Morgan fingerprint density at radius 1 is 1.15 bits per heavy atom. The average Bonchev–Trinajstić information content (AvgIpc) is 2.98. The summed E-state index contributed by atoms with van der Waals surface area (Å²) in [5.41, 5.74) is 5.90. The molecule has 0 aliphatic carbocycles. The molecule has 0 atom stereocenters. The third-order valence-electron chi connectivity index (χ3n) is 5.25. The van der Waals surface area contributed by atoms with Crippen LogP contribution in [0.2, 0.25) is 0 Å². The molecular weight excluding hydrogens is 561 g/mol. The molecule has 4 heterocycles. The molecule has 8 heteroatoms. The van der Waals surface area contributed by atoms with E-state index in [0.29, 0.717) is 22.8 Å². The summed E-state index contributed by atoms with van der Waals surface area (Å²) >= 11 is 4.35. The number of allylic oxidation sites excluding steroid dienone is 2. The molecule has 0 radical (unpaired) electrons. The standard InChI is InChI=1S/C18H16BF2I2N3/c1-9-15(22)11(3)25-17(9)14(13-6-5-7-24-8-13)18-10(2)16(23)12(4)26(18)19(25,20)21/h5-8H,1-4H3. The van der Waals surface area contributed by atoms with Gasteiger partial charge in [-0.05, 0) is 83.3 Å². The van der Waals surface area contributed by atoms with Gasteiger partial charge in [-0.15, -0.1) is 0 Å². The van der Waals surface area contributed by atoms with Gasteiger partial charge in [0.1, 0.15) is 5.71 Å². The number of rotatable bonds is 1. The highest BCUT2D eigenvalue weighted by Gasteiger charge is 2.56. The molecule has 4 rings (SSSR count). The van der Waals surface area contributed by atoms with Crippen molar-refractivity contribution >= 4 is 63.4 Å². The molecule has 2 aliphatic heterocycles. The normalized spacial score (nSPS) is 18.6. The molecule has 26 heavy (non-hydrogen) atoms. The highest BCUT2D eigenvalue weighted by atomic mass is 127. The SMILES string of the molecule is CC1=C(I)C(C)=[N+]2C1=C(c1cccnc1)c1c(C)c(I)c(C)n1[B-]2(F)F. The Bertz CT molecular complexity index is 1070. The van der Waals surface area contributed by atoms with Crippen LogP contribution in [0.15, 0.2) is 39.4 Å². The number of hydrogen-bond donors (Lipinski definition) is 0. The minimum absolute atomic E-state index is 0.606. The van der Waals surface area contributed by atoms with Gasteiger partial charge in [0.2, 0.25) is 0 Å². The van der Waals surface area contributed by atoms with Crippen molar-refractivity contribution in [3.63, 3.8) is 0 Å². The van der Waals surface area contributed by atoms with E-state index in [4.69, 9.17) is 0 Å². The zero-order valence-electron chi connectivity index (χ0n) is 14.7. The van der Waals surface area contributed by atoms with Crippen molar-refractivity contribution in [2.45, 2.75) is 27.7 Å². The van der Waals surface area contributed by atoms with E-state index in [1.807, 2.05) is 26.0 Å². The quantitative estimate of drug-likeness (QED) is 0.334. The number of nitrogens with zero attached hydrogens (tertiary/aromatic N) is 3. The third kappa shape index (κ3) is 2.20. The second kappa shape index (κ2) is 5.98. The fourth-order valence-corrected chi connectivity index (χ4v) is 5.09. The molecule has 0 N–H and O–H groups in total. The van der Waals surface area contributed by atoms with Crippen molar-refractivity contribution in [2.75, 3.05) is 0 Å². The van der Waals surface area contributed by atoms with E-state index in [1.165, 1.54) is 8.96 Å². The van der Waals surface area contributed by atoms with Crippen LogP contribution in [0.1, 0.15) is 36.4 Å². The topological polar surface area (TPSA) is 20.8 Å². The Labute approximate surface area is 178 Å². The summed E-state index contributed by atoms with van der Waals surface area (Å²) in [4.78, 5) is 4.23. The summed E-state index contributed by atoms with van der Waals surface area (Å²) in [6.07, 6.45) is 3.46. The van der Waals surface area contributed by atoms with Crippen LogP contribution in [0.5, 0.6) is 0 Å². The summed E-state index contributed by atoms with van der Waals surface area (Å²) < 4.78 is 35.7. The molecule has 2 aromatic heterocycles. The van der Waals surface area contributed by atoms with Crippen molar-refractivity contribution in [1.29, 1.82) is 0 Å². The molecule has 0 amide bonds. The first-order chi connectivity index (χ1) is 12.2. The van der Waals surface area contributed by atoms with E-state index in [9.17, 15) is 0 Å². The largest absolute Gasteiger partial charge is 0.737 e. The van der Waals surface area contributed by atoms with Crippen LogP contribution >= 0.6 is 45.2 Å². The van der Waals surface area contributed by atoms with Crippen LogP contribution in [0.25, 0.3) is 5.57 Å². The van der Waals surface area contributed by atoms with Gasteiger partial charge in [0.25, 0.3) is 0 Å². The molecule has 2 aliphatic rings. The van der Waals surface area contributed by atoms with E-state index in [2.05, 4.69) is 50.2 Å². The summed E-state index contributed by atoms with van der Waals surface area (Å²) in [5, 5.41) is 0. The summed E-state index contributed by atoms with van der Waals surface area (Å²) in [6, 6.07) is 3.79. The lowest BCUT2D eigenvalue weighted by molar-refractivity contribution is -0.363. The van der Waals surface area contributed by atoms with Crippen LogP contribution in [0.3, 0.4) is 0 Å². The summed E-state index contributed by atoms with van der Waals surface area (Å²) in [5.74, 6) is 0. The molecule has 0 saturated heterocycles. The van der Waals surface area contributed by atoms with Crippen molar-refractivity contribution in [3.8, 4) is 0 Å². The first-order valence-corrected chi connectivity index (χ1v) is 10.4. The van der Waals surface area contributed by atoms with Gasteiger partial charge in [0.05, 0.1) is 9.15 Å². The number of halogens is 4. The third-order valence-corrected chi connectivity index (χ3v) is 8.43.